The fourth-order valence-corrected chi connectivity index (χ4v) is 2.75. The van der Waals surface area contributed by atoms with E-state index >= 15 is 0 Å². The minimum Gasteiger partial charge on any atom is -0.335 e. The topological polar surface area (TPSA) is 66.9 Å². The van der Waals surface area contributed by atoms with Crippen LogP contribution in [0.25, 0.3) is 0 Å². The van der Waals surface area contributed by atoms with Crippen molar-refractivity contribution in [3.05, 3.63) is 5.51 Å². The van der Waals surface area contributed by atoms with Gasteiger partial charge in [0, 0.05) is 6.04 Å². The maximum absolute atomic E-state index is 11.7. The molecule has 1 heterocycles. The van der Waals surface area contributed by atoms with Crippen molar-refractivity contribution in [2.45, 2.75) is 39.2 Å². The summed E-state index contributed by atoms with van der Waals surface area (Å²) in [5, 5.41) is 13.7. The average Bonchev–Trinajstić information content (AvgIpc) is 2.77. The van der Waals surface area contributed by atoms with E-state index in [1.165, 1.54) is 24.2 Å². The second kappa shape index (κ2) is 5.44. The zero-order chi connectivity index (χ0) is 12.3. The van der Waals surface area contributed by atoms with E-state index in [2.05, 4.69) is 34.7 Å². The third kappa shape index (κ3) is 3.15. The highest BCUT2D eigenvalue weighted by Crippen LogP contribution is 2.29. The zero-order valence-corrected chi connectivity index (χ0v) is 11.0. The molecular formula is C11H18N4OS. The molecule has 0 spiro atoms. The number of amides is 2. The van der Waals surface area contributed by atoms with Gasteiger partial charge < -0.3 is 5.32 Å². The first-order valence-corrected chi connectivity index (χ1v) is 6.88. The summed E-state index contributed by atoms with van der Waals surface area (Å²) in [6.45, 7) is 4.46. The molecule has 3 atom stereocenters. The summed E-state index contributed by atoms with van der Waals surface area (Å²) in [5.74, 6) is 1.21. The van der Waals surface area contributed by atoms with Gasteiger partial charge in [0.2, 0.25) is 5.13 Å². The van der Waals surface area contributed by atoms with E-state index in [0.717, 1.165) is 6.42 Å². The third-order valence-corrected chi connectivity index (χ3v) is 4.21. The van der Waals surface area contributed by atoms with Crippen LogP contribution < -0.4 is 10.6 Å². The van der Waals surface area contributed by atoms with Crippen LogP contribution in [0.4, 0.5) is 9.93 Å². The first-order chi connectivity index (χ1) is 8.16. The van der Waals surface area contributed by atoms with Gasteiger partial charge in [-0.05, 0) is 18.3 Å². The molecule has 0 saturated heterocycles. The highest BCUT2D eigenvalue weighted by Gasteiger charge is 2.28. The number of urea groups is 1. The third-order valence-electron chi connectivity index (χ3n) is 3.60. The van der Waals surface area contributed by atoms with Gasteiger partial charge in [0.15, 0.2) is 0 Å². The number of anilines is 1. The van der Waals surface area contributed by atoms with Crippen molar-refractivity contribution in [3.8, 4) is 0 Å². The molecule has 2 N–H and O–H groups in total. The van der Waals surface area contributed by atoms with Crippen LogP contribution in [0.2, 0.25) is 0 Å². The molecule has 17 heavy (non-hydrogen) atoms. The van der Waals surface area contributed by atoms with E-state index in [9.17, 15) is 4.79 Å². The molecule has 5 nitrogen and oxygen atoms in total. The number of aromatic nitrogens is 2. The van der Waals surface area contributed by atoms with Crippen LogP contribution in [-0.2, 0) is 0 Å². The molecule has 1 fully saturated rings. The number of carbonyl (C=O) groups excluding carboxylic acids is 1. The standard InChI is InChI=1S/C11H18N4OS/c1-7-4-3-5-9(8(7)2)13-10(16)14-11-15-12-6-17-11/h6-9H,3-5H2,1-2H3,(H2,13,14,15,16). The fraction of sp³-hybridized carbons (Fsp3) is 0.727. The number of carbonyl (C=O) groups is 1. The molecule has 1 saturated carbocycles. The van der Waals surface area contributed by atoms with Crippen LogP contribution in [0.3, 0.4) is 0 Å². The van der Waals surface area contributed by atoms with Crippen LogP contribution in [-0.4, -0.2) is 22.3 Å². The second-order valence-electron chi connectivity index (χ2n) is 4.72. The first-order valence-electron chi connectivity index (χ1n) is 6.00. The predicted octanol–water partition coefficient (Wildman–Crippen LogP) is 2.48. The van der Waals surface area contributed by atoms with E-state index in [1.54, 1.807) is 5.51 Å². The van der Waals surface area contributed by atoms with Crippen LogP contribution in [0.15, 0.2) is 5.51 Å². The number of rotatable bonds is 2. The van der Waals surface area contributed by atoms with Gasteiger partial charge in [-0.2, -0.15) is 0 Å². The molecule has 94 valence electrons. The van der Waals surface area contributed by atoms with Crippen LogP contribution in [0.1, 0.15) is 33.1 Å². The van der Waals surface area contributed by atoms with Crippen molar-refractivity contribution in [2.75, 3.05) is 5.32 Å². The van der Waals surface area contributed by atoms with Gasteiger partial charge >= 0.3 is 6.03 Å². The number of hydrogen-bond acceptors (Lipinski definition) is 4. The lowest BCUT2D eigenvalue weighted by atomic mass is 9.78. The fourth-order valence-electron chi connectivity index (χ4n) is 2.31. The maximum atomic E-state index is 11.7. The minimum atomic E-state index is -0.173. The van der Waals surface area contributed by atoms with E-state index in [1.807, 2.05) is 0 Å². The number of nitrogens with zero attached hydrogens (tertiary/aromatic N) is 2. The Kier molecular flexibility index (Phi) is 3.93. The Balaban J connectivity index is 1.85. The van der Waals surface area contributed by atoms with Gasteiger partial charge in [0.1, 0.15) is 5.51 Å². The molecule has 0 aromatic carbocycles. The Morgan fingerprint density at radius 2 is 2.29 bits per heavy atom. The molecule has 1 aromatic heterocycles. The molecule has 1 aliphatic carbocycles. The summed E-state index contributed by atoms with van der Waals surface area (Å²) in [5.41, 5.74) is 1.60. The normalized spacial score (nSPS) is 28.7. The number of hydrogen-bond donors (Lipinski definition) is 2. The zero-order valence-electron chi connectivity index (χ0n) is 10.1. The minimum absolute atomic E-state index is 0.173. The van der Waals surface area contributed by atoms with Crippen molar-refractivity contribution >= 4 is 22.5 Å². The predicted molar refractivity (Wildman–Crippen MR) is 68.0 cm³/mol. The van der Waals surface area contributed by atoms with Crippen molar-refractivity contribution in [1.82, 2.24) is 15.5 Å². The van der Waals surface area contributed by atoms with Crippen molar-refractivity contribution < 1.29 is 4.79 Å². The highest BCUT2D eigenvalue weighted by atomic mass is 32.1. The summed E-state index contributed by atoms with van der Waals surface area (Å²) in [6.07, 6.45) is 3.52. The molecule has 0 bridgehead atoms. The summed E-state index contributed by atoms with van der Waals surface area (Å²) in [7, 11) is 0. The summed E-state index contributed by atoms with van der Waals surface area (Å²) >= 11 is 1.32. The Labute approximate surface area is 105 Å². The molecule has 0 aliphatic heterocycles. The molecule has 6 heteroatoms. The Morgan fingerprint density at radius 3 is 3.00 bits per heavy atom. The summed E-state index contributed by atoms with van der Waals surface area (Å²) < 4.78 is 0. The van der Waals surface area contributed by atoms with Gasteiger partial charge in [-0.15, -0.1) is 10.2 Å². The van der Waals surface area contributed by atoms with Gasteiger partial charge in [0.25, 0.3) is 0 Å². The smallest absolute Gasteiger partial charge is 0.321 e. The molecule has 2 rings (SSSR count). The van der Waals surface area contributed by atoms with Crippen LogP contribution in [0, 0.1) is 11.8 Å². The highest BCUT2D eigenvalue weighted by molar-refractivity contribution is 7.13. The summed E-state index contributed by atoms with van der Waals surface area (Å²) in [4.78, 5) is 11.7. The van der Waals surface area contributed by atoms with Crippen molar-refractivity contribution in [1.29, 1.82) is 0 Å². The van der Waals surface area contributed by atoms with Crippen LogP contribution in [0.5, 0.6) is 0 Å². The molecule has 3 unspecified atom stereocenters. The van der Waals surface area contributed by atoms with Crippen molar-refractivity contribution in [3.63, 3.8) is 0 Å². The molecule has 1 aliphatic rings. The first kappa shape index (κ1) is 12.3. The largest absolute Gasteiger partial charge is 0.335 e. The molecular weight excluding hydrogens is 236 g/mol. The van der Waals surface area contributed by atoms with Gasteiger partial charge in [-0.25, -0.2) is 4.79 Å². The van der Waals surface area contributed by atoms with E-state index in [4.69, 9.17) is 0 Å². The lowest BCUT2D eigenvalue weighted by Gasteiger charge is -2.34. The maximum Gasteiger partial charge on any atom is 0.321 e. The van der Waals surface area contributed by atoms with E-state index in [0.29, 0.717) is 17.0 Å². The molecule has 2 amide bonds. The van der Waals surface area contributed by atoms with E-state index < -0.39 is 0 Å². The average molecular weight is 254 g/mol. The van der Waals surface area contributed by atoms with Gasteiger partial charge in [0.05, 0.1) is 0 Å². The Hall–Kier alpha value is -1.17. The Bertz CT molecular complexity index is 368. The second-order valence-corrected chi connectivity index (χ2v) is 5.55. The Morgan fingerprint density at radius 1 is 1.47 bits per heavy atom. The lowest BCUT2D eigenvalue weighted by Crippen LogP contribution is -2.45. The lowest BCUT2D eigenvalue weighted by molar-refractivity contribution is 0.201. The SMILES string of the molecule is CC1CCCC(NC(=O)Nc2nncs2)C1C. The quantitative estimate of drug-likeness (QED) is 0.852. The molecule has 0 radical (unpaired) electrons. The molecule has 1 aromatic rings. The van der Waals surface area contributed by atoms with Gasteiger partial charge in [-0.1, -0.05) is 38.0 Å². The van der Waals surface area contributed by atoms with Crippen LogP contribution >= 0.6 is 11.3 Å². The monoisotopic (exact) mass is 254 g/mol. The van der Waals surface area contributed by atoms with Gasteiger partial charge in [-0.3, -0.25) is 5.32 Å². The van der Waals surface area contributed by atoms with Crippen molar-refractivity contribution in [2.24, 2.45) is 11.8 Å². The van der Waals surface area contributed by atoms with E-state index in [-0.39, 0.29) is 12.1 Å². The number of nitrogens with one attached hydrogen (secondary N) is 2. The summed E-state index contributed by atoms with van der Waals surface area (Å²) in [6, 6.07) is 0.0966.